The summed E-state index contributed by atoms with van der Waals surface area (Å²) in [5, 5.41) is 5.79. The molecule has 14 heteroatoms. The van der Waals surface area contributed by atoms with Gasteiger partial charge in [-0.05, 0) is 52.1 Å². The van der Waals surface area contributed by atoms with Crippen molar-refractivity contribution in [3.8, 4) is 11.1 Å². The zero-order valence-corrected chi connectivity index (χ0v) is 34.9. The maximum Gasteiger partial charge on any atom is 0.407 e. The molecule has 14 nitrogen and oxygen atoms in total. The Labute approximate surface area is 357 Å². The van der Waals surface area contributed by atoms with E-state index in [1.54, 1.807) is 4.90 Å². The lowest BCUT2D eigenvalue weighted by Gasteiger charge is -2.30. The smallest absolute Gasteiger partial charge is 0.407 e. The highest BCUT2D eigenvalue weighted by atomic mass is 16.5. The molecule has 0 unspecified atom stereocenters. The summed E-state index contributed by atoms with van der Waals surface area (Å²) in [5.41, 5.74) is 17.2. The van der Waals surface area contributed by atoms with Crippen LogP contribution in [0.3, 0.4) is 0 Å². The third kappa shape index (κ3) is 12.0. The highest BCUT2D eigenvalue weighted by Gasteiger charge is 2.39. The fraction of sp³-hybridized carbons (Fsp3) is 0.383. The van der Waals surface area contributed by atoms with Crippen molar-refractivity contribution in [2.24, 2.45) is 22.4 Å². The van der Waals surface area contributed by atoms with Crippen molar-refractivity contribution >= 4 is 29.8 Å². The summed E-state index contributed by atoms with van der Waals surface area (Å²) < 4.78 is 17.6. The number of benzene rings is 4. The fourth-order valence-electron chi connectivity index (χ4n) is 7.75. The van der Waals surface area contributed by atoms with Crippen LogP contribution in [-0.4, -0.2) is 97.3 Å². The first-order valence-electron chi connectivity index (χ1n) is 20.9. The maximum atomic E-state index is 14.3. The van der Waals surface area contributed by atoms with E-state index in [0.29, 0.717) is 19.4 Å². The summed E-state index contributed by atoms with van der Waals surface area (Å²) in [6.07, 6.45) is 0.543. The van der Waals surface area contributed by atoms with Gasteiger partial charge in [-0.1, -0.05) is 129 Å². The molecule has 1 heterocycles. The molecule has 2 aliphatic rings. The molecule has 6 N–H and O–H groups in total. The highest BCUT2D eigenvalue weighted by molar-refractivity contribution is 5.89. The van der Waals surface area contributed by atoms with Crippen LogP contribution in [0.4, 0.5) is 4.79 Å². The number of alkyl carbamates (subject to hydrolysis) is 1. The molecule has 1 fully saturated rings. The second-order valence-electron chi connectivity index (χ2n) is 15.5. The summed E-state index contributed by atoms with van der Waals surface area (Å²) >= 11 is 0. The number of ether oxygens (including phenoxy) is 3. The van der Waals surface area contributed by atoms with Crippen molar-refractivity contribution in [2.45, 2.75) is 70.4 Å². The molecule has 1 aliphatic heterocycles. The SMILES string of the molecule is CC[C@H](C)[C@H](NC(=O)[C@H](COCc1ccccc1)N1CCN(C(=O)[C@H](CCCN=C(N)N)NC(=O)OCC2c3ccccc3-c3ccccc32)C1)C(=O)OCc1ccccc1. The molecule has 322 valence electrons. The molecule has 3 amide bonds. The van der Waals surface area contributed by atoms with E-state index in [4.69, 9.17) is 25.7 Å². The number of hydrogen-bond acceptors (Lipinski definition) is 9. The molecule has 4 atom stereocenters. The van der Waals surface area contributed by atoms with E-state index in [2.05, 4.69) is 27.8 Å². The van der Waals surface area contributed by atoms with Crippen molar-refractivity contribution in [3.63, 3.8) is 0 Å². The quantitative estimate of drug-likeness (QED) is 0.0412. The highest BCUT2D eigenvalue weighted by Crippen LogP contribution is 2.44. The molecule has 61 heavy (non-hydrogen) atoms. The van der Waals surface area contributed by atoms with Crippen LogP contribution in [0, 0.1) is 5.92 Å². The second kappa shape index (κ2) is 21.8. The third-order valence-electron chi connectivity index (χ3n) is 11.3. The lowest BCUT2D eigenvalue weighted by atomic mass is 9.98. The first kappa shape index (κ1) is 44.3. The monoisotopic (exact) mass is 831 g/mol. The van der Waals surface area contributed by atoms with E-state index >= 15 is 0 Å². The molecule has 0 saturated carbocycles. The molecular formula is C47H57N7O7. The zero-order valence-electron chi connectivity index (χ0n) is 34.9. The first-order valence-corrected chi connectivity index (χ1v) is 20.9. The summed E-state index contributed by atoms with van der Waals surface area (Å²) in [5.74, 6) is -1.74. The lowest BCUT2D eigenvalue weighted by molar-refractivity contribution is -0.151. The van der Waals surface area contributed by atoms with E-state index < -0.39 is 36.1 Å². The van der Waals surface area contributed by atoms with Crippen LogP contribution in [0.5, 0.6) is 0 Å². The van der Waals surface area contributed by atoms with Gasteiger partial charge in [0, 0.05) is 25.6 Å². The Hall–Kier alpha value is -6.25. The number of guanidine groups is 1. The summed E-state index contributed by atoms with van der Waals surface area (Å²) in [6.45, 7) is 5.22. The number of rotatable bonds is 20. The van der Waals surface area contributed by atoms with Gasteiger partial charge in [0.15, 0.2) is 5.96 Å². The largest absolute Gasteiger partial charge is 0.459 e. The van der Waals surface area contributed by atoms with E-state index in [1.807, 2.05) is 116 Å². The zero-order chi connectivity index (χ0) is 43.1. The Kier molecular flexibility index (Phi) is 15.9. The van der Waals surface area contributed by atoms with Crippen LogP contribution in [0.1, 0.15) is 61.3 Å². The van der Waals surface area contributed by atoms with Gasteiger partial charge in [0.05, 0.1) is 19.9 Å². The summed E-state index contributed by atoms with van der Waals surface area (Å²) in [7, 11) is 0. The number of hydrogen-bond donors (Lipinski definition) is 4. The number of nitrogens with two attached hydrogens (primary N) is 2. The van der Waals surface area contributed by atoms with E-state index in [0.717, 1.165) is 33.4 Å². The molecular weight excluding hydrogens is 775 g/mol. The number of nitrogens with one attached hydrogen (secondary N) is 2. The Bertz CT molecular complexity index is 2070. The van der Waals surface area contributed by atoms with Crippen molar-refractivity contribution in [2.75, 3.05) is 39.5 Å². The molecule has 1 aliphatic carbocycles. The number of fused-ring (bicyclic) bond motifs is 3. The number of aliphatic imine (C=N–C) groups is 1. The number of carbonyl (C=O) groups excluding carboxylic acids is 4. The van der Waals surface area contributed by atoms with Gasteiger partial charge in [-0.25, -0.2) is 9.59 Å². The molecule has 1 saturated heterocycles. The number of esters is 1. The van der Waals surface area contributed by atoms with Gasteiger partial charge >= 0.3 is 12.1 Å². The maximum absolute atomic E-state index is 14.3. The van der Waals surface area contributed by atoms with Gasteiger partial charge in [-0.15, -0.1) is 0 Å². The van der Waals surface area contributed by atoms with Crippen molar-refractivity contribution in [1.82, 2.24) is 20.4 Å². The number of nitrogens with zero attached hydrogens (tertiary/aromatic N) is 3. The minimum absolute atomic E-state index is 0.00497. The van der Waals surface area contributed by atoms with Crippen LogP contribution in [0.2, 0.25) is 0 Å². The summed E-state index contributed by atoms with van der Waals surface area (Å²) in [6, 6.07) is 32.4. The summed E-state index contributed by atoms with van der Waals surface area (Å²) in [4.78, 5) is 63.0. The molecule has 0 radical (unpaired) electrons. The van der Waals surface area contributed by atoms with Gasteiger partial charge in [0.25, 0.3) is 0 Å². The van der Waals surface area contributed by atoms with Gasteiger partial charge in [-0.3, -0.25) is 19.5 Å². The minimum atomic E-state index is -0.958. The van der Waals surface area contributed by atoms with Gasteiger partial charge in [0.2, 0.25) is 11.8 Å². The number of amides is 3. The molecule has 4 aromatic rings. The topological polar surface area (TPSA) is 191 Å². The van der Waals surface area contributed by atoms with Crippen molar-refractivity contribution < 1.29 is 33.4 Å². The molecule has 0 bridgehead atoms. The van der Waals surface area contributed by atoms with Gasteiger partial charge in [-0.2, -0.15) is 0 Å². The average molecular weight is 832 g/mol. The molecule has 6 rings (SSSR count). The fourth-order valence-corrected chi connectivity index (χ4v) is 7.75. The average Bonchev–Trinajstić information content (AvgIpc) is 3.90. The second-order valence-corrected chi connectivity index (χ2v) is 15.5. The minimum Gasteiger partial charge on any atom is -0.459 e. The van der Waals surface area contributed by atoms with Crippen LogP contribution in [0.15, 0.2) is 114 Å². The predicted octanol–water partition coefficient (Wildman–Crippen LogP) is 4.91. The van der Waals surface area contributed by atoms with E-state index in [1.165, 1.54) is 0 Å². The number of carbonyl (C=O) groups is 4. The first-order chi connectivity index (χ1) is 29.6. The Morgan fingerprint density at radius 3 is 2.02 bits per heavy atom. The van der Waals surface area contributed by atoms with Crippen LogP contribution in [-0.2, 0) is 41.8 Å². The predicted molar refractivity (Wildman–Crippen MR) is 233 cm³/mol. The van der Waals surface area contributed by atoms with Gasteiger partial charge < -0.3 is 41.2 Å². The Balaban J connectivity index is 1.13. The molecule has 0 aromatic heterocycles. The van der Waals surface area contributed by atoms with Crippen LogP contribution in [0.25, 0.3) is 11.1 Å². The Morgan fingerprint density at radius 2 is 1.39 bits per heavy atom. The third-order valence-corrected chi connectivity index (χ3v) is 11.3. The van der Waals surface area contributed by atoms with Gasteiger partial charge in [0.1, 0.15) is 31.3 Å². The lowest BCUT2D eigenvalue weighted by Crippen LogP contribution is -2.55. The normalized spacial score (nSPS) is 15.4. The van der Waals surface area contributed by atoms with Crippen molar-refractivity contribution in [1.29, 1.82) is 0 Å². The van der Waals surface area contributed by atoms with E-state index in [-0.39, 0.29) is 76.3 Å². The Morgan fingerprint density at radius 1 is 0.787 bits per heavy atom. The van der Waals surface area contributed by atoms with Crippen molar-refractivity contribution in [3.05, 3.63) is 131 Å². The van der Waals surface area contributed by atoms with Crippen LogP contribution >= 0.6 is 0 Å². The van der Waals surface area contributed by atoms with Crippen LogP contribution < -0.4 is 22.1 Å². The van der Waals surface area contributed by atoms with E-state index in [9.17, 15) is 19.2 Å². The molecule has 0 spiro atoms. The standard InChI is InChI=1S/C47H57N7O7/c1-3-32(2)42(45(57)60-28-34-17-8-5-9-18-34)52-43(55)41(30-59-27-33-15-6-4-7-16-33)53-25-26-54(31-53)44(56)40(23-14-24-50-46(48)49)51-47(58)61-29-39-37-21-12-10-19-35(37)36-20-11-13-22-38(36)39/h4-13,15-22,32,39-42H,3,14,23-31H2,1-2H3,(H,51,58)(H,52,55)(H4,48,49,50)/t32-,40-,41-,42-/m0/s1. The molecule has 4 aromatic carbocycles.